The van der Waals surface area contributed by atoms with Gasteiger partial charge in [0.15, 0.2) is 0 Å². The summed E-state index contributed by atoms with van der Waals surface area (Å²) < 4.78 is 0. The fourth-order valence-corrected chi connectivity index (χ4v) is 12.0. The van der Waals surface area contributed by atoms with Crippen LogP contribution in [0, 0.1) is 0 Å². The van der Waals surface area contributed by atoms with Gasteiger partial charge in [-0.15, -0.1) is 0 Å². The van der Waals surface area contributed by atoms with Crippen LogP contribution in [0.5, 0.6) is 0 Å². The quantitative estimate of drug-likeness (QED) is 0.167. The lowest BCUT2D eigenvalue weighted by molar-refractivity contribution is 0.586. The molecule has 0 heterocycles. The molecule has 0 radical (unpaired) electrons. The molecule has 12 rings (SSSR count). The van der Waals surface area contributed by atoms with Gasteiger partial charge >= 0.3 is 0 Å². The van der Waals surface area contributed by atoms with E-state index in [0.717, 1.165) is 17.1 Å². The van der Waals surface area contributed by atoms with Crippen LogP contribution in [0.2, 0.25) is 0 Å². The number of hydrogen-bond donors (Lipinski definition) is 0. The highest BCUT2D eigenvalue weighted by molar-refractivity contribution is 5.99. The van der Waals surface area contributed by atoms with Gasteiger partial charge in [-0.1, -0.05) is 225 Å². The Morgan fingerprint density at radius 2 is 0.791 bits per heavy atom. The summed E-state index contributed by atoms with van der Waals surface area (Å²) in [5.41, 5.74) is 26.6. The minimum Gasteiger partial charge on any atom is -0.310 e. The molecule has 0 saturated carbocycles. The molecule has 0 saturated heterocycles. The molecule has 67 heavy (non-hydrogen) atoms. The predicted molar refractivity (Wildman–Crippen MR) is 283 cm³/mol. The molecule has 326 valence electrons. The fraction of sp³-hybridized carbons (Fsp3) is 0.182. The molecule has 0 bridgehead atoms. The molecule has 1 spiro atoms. The standard InChI is InChI=1S/C66H57N/c1-63(2,3)44-31-36-53-54-37-32-45(64(4,5)6)40-60(54)66(59(53)39-44)57-27-16-13-23-51(57)55-25-18-24-49(62(55)66)43-29-33-46(34-30-43)67(61-28-17-14-21-48(61)42-19-10-9-11-20-42)47-35-38-52-50-22-12-15-26-56(50)65(7,8)58(52)41-47/h9-41H,1-8H3. The number of fused-ring (bicyclic) bond motifs is 13. The van der Waals surface area contributed by atoms with Gasteiger partial charge in [0.25, 0.3) is 0 Å². The summed E-state index contributed by atoms with van der Waals surface area (Å²) in [4.78, 5) is 2.48. The predicted octanol–water partition coefficient (Wildman–Crippen LogP) is 17.7. The monoisotopic (exact) mass is 863 g/mol. The van der Waals surface area contributed by atoms with Crippen molar-refractivity contribution in [3.8, 4) is 55.6 Å². The van der Waals surface area contributed by atoms with E-state index in [1.54, 1.807) is 0 Å². The molecule has 3 aliphatic rings. The first-order valence-electron chi connectivity index (χ1n) is 24.1. The molecule has 0 fully saturated rings. The second kappa shape index (κ2) is 14.6. The maximum absolute atomic E-state index is 2.55. The van der Waals surface area contributed by atoms with E-state index in [-0.39, 0.29) is 16.2 Å². The van der Waals surface area contributed by atoms with Gasteiger partial charge in [-0.3, -0.25) is 0 Å². The van der Waals surface area contributed by atoms with Crippen molar-refractivity contribution in [2.45, 2.75) is 77.0 Å². The van der Waals surface area contributed by atoms with Crippen LogP contribution in [0.1, 0.15) is 99.9 Å². The molecule has 0 aliphatic heterocycles. The summed E-state index contributed by atoms with van der Waals surface area (Å²) in [6.07, 6.45) is 0. The number of para-hydroxylation sites is 1. The fourth-order valence-electron chi connectivity index (χ4n) is 12.0. The van der Waals surface area contributed by atoms with Crippen LogP contribution in [0.3, 0.4) is 0 Å². The summed E-state index contributed by atoms with van der Waals surface area (Å²) >= 11 is 0. The average molecular weight is 864 g/mol. The maximum Gasteiger partial charge on any atom is 0.0731 e. The zero-order valence-corrected chi connectivity index (χ0v) is 40.0. The zero-order chi connectivity index (χ0) is 46.0. The molecule has 0 aromatic heterocycles. The highest BCUT2D eigenvalue weighted by atomic mass is 15.1. The molecule has 1 nitrogen and oxygen atoms in total. The van der Waals surface area contributed by atoms with Crippen molar-refractivity contribution in [3.63, 3.8) is 0 Å². The molecule has 9 aromatic carbocycles. The molecule has 0 atom stereocenters. The minimum absolute atomic E-state index is 0.0125. The minimum atomic E-state index is -0.496. The first kappa shape index (κ1) is 41.2. The van der Waals surface area contributed by atoms with Gasteiger partial charge in [0, 0.05) is 22.4 Å². The molecule has 3 aliphatic carbocycles. The molecule has 0 unspecified atom stereocenters. The molecule has 0 N–H and O–H groups in total. The van der Waals surface area contributed by atoms with E-state index in [1.165, 1.54) is 100 Å². The van der Waals surface area contributed by atoms with Gasteiger partial charge in [-0.2, -0.15) is 0 Å². The Balaban J connectivity index is 1.07. The Morgan fingerprint density at radius 1 is 0.328 bits per heavy atom. The highest BCUT2D eigenvalue weighted by Crippen LogP contribution is 2.65. The van der Waals surface area contributed by atoms with E-state index < -0.39 is 5.41 Å². The van der Waals surface area contributed by atoms with E-state index in [2.05, 4.69) is 260 Å². The third-order valence-electron chi connectivity index (χ3n) is 15.4. The Hall–Kier alpha value is -7.22. The Labute approximate surface area is 397 Å². The van der Waals surface area contributed by atoms with Crippen LogP contribution in [-0.2, 0) is 21.7 Å². The van der Waals surface area contributed by atoms with Crippen molar-refractivity contribution in [1.82, 2.24) is 0 Å². The second-order valence-electron chi connectivity index (χ2n) is 21.7. The number of benzene rings is 9. The summed E-state index contributed by atoms with van der Waals surface area (Å²) in [6.45, 7) is 18.8. The number of hydrogen-bond acceptors (Lipinski definition) is 1. The molecule has 1 heteroatoms. The average Bonchev–Trinajstić information content (AvgIpc) is 3.89. The van der Waals surface area contributed by atoms with Gasteiger partial charge in [-0.25, -0.2) is 0 Å². The highest BCUT2D eigenvalue weighted by Gasteiger charge is 2.53. The van der Waals surface area contributed by atoms with Crippen LogP contribution < -0.4 is 4.90 Å². The summed E-state index contributed by atoms with van der Waals surface area (Å²) in [5.74, 6) is 0. The van der Waals surface area contributed by atoms with Crippen molar-refractivity contribution >= 4 is 17.1 Å². The van der Waals surface area contributed by atoms with Crippen LogP contribution >= 0.6 is 0 Å². The van der Waals surface area contributed by atoms with Gasteiger partial charge in [-0.05, 0) is 136 Å². The van der Waals surface area contributed by atoms with Crippen molar-refractivity contribution in [2.75, 3.05) is 4.90 Å². The normalized spacial score (nSPS) is 14.5. The first-order valence-corrected chi connectivity index (χ1v) is 24.1. The van der Waals surface area contributed by atoms with E-state index in [1.807, 2.05) is 0 Å². The summed E-state index contributed by atoms with van der Waals surface area (Å²) in [7, 11) is 0. The van der Waals surface area contributed by atoms with E-state index in [4.69, 9.17) is 0 Å². The number of rotatable bonds is 5. The Bertz CT molecular complexity index is 3380. The Kier molecular flexibility index (Phi) is 9.01. The van der Waals surface area contributed by atoms with Gasteiger partial charge in [0.2, 0.25) is 0 Å². The summed E-state index contributed by atoms with van der Waals surface area (Å²) in [5, 5.41) is 0. The SMILES string of the molecule is CC(C)(C)c1ccc2c(c1)C1(c3cc(C(C)(C)C)ccc3-2)c2ccccc2-c2cccc(-c3ccc(N(c4ccc5c(c4)C(C)(C)c4ccccc4-5)c4ccccc4-c4ccccc4)cc3)c21. The van der Waals surface area contributed by atoms with Crippen LogP contribution in [0.15, 0.2) is 200 Å². The van der Waals surface area contributed by atoms with Gasteiger partial charge in [0.1, 0.15) is 0 Å². The topological polar surface area (TPSA) is 3.24 Å². The molecular weight excluding hydrogens is 807 g/mol. The summed E-state index contributed by atoms with van der Waals surface area (Å²) in [6, 6.07) is 76.1. The van der Waals surface area contributed by atoms with E-state index >= 15 is 0 Å². The number of nitrogens with zero attached hydrogens (tertiary/aromatic N) is 1. The Morgan fingerprint density at radius 3 is 1.43 bits per heavy atom. The van der Waals surface area contributed by atoms with Crippen LogP contribution in [0.25, 0.3) is 55.6 Å². The lowest BCUT2D eigenvalue weighted by Gasteiger charge is -2.34. The lowest BCUT2D eigenvalue weighted by atomic mass is 9.67. The van der Waals surface area contributed by atoms with E-state index in [9.17, 15) is 0 Å². The number of anilines is 3. The van der Waals surface area contributed by atoms with Crippen molar-refractivity contribution in [3.05, 3.63) is 245 Å². The van der Waals surface area contributed by atoms with Crippen molar-refractivity contribution in [1.29, 1.82) is 0 Å². The molecule has 9 aromatic rings. The molecular formula is C66H57N. The third kappa shape index (κ3) is 6.06. The lowest BCUT2D eigenvalue weighted by Crippen LogP contribution is -2.28. The smallest absolute Gasteiger partial charge is 0.0731 e. The second-order valence-corrected chi connectivity index (χ2v) is 21.7. The largest absolute Gasteiger partial charge is 0.310 e. The third-order valence-corrected chi connectivity index (χ3v) is 15.4. The molecule has 0 amide bonds. The zero-order valence-electron chi connectivity index (χ0n) is 40.0. The first-order chi connectivity index (χ1) is 32.3. The van der Waals surface area contributed by atoms with Crippen LogP contribution in [-0.4, -0.2) is 0 Å². The van der Waals surface area contributed by atoms with Crippen molar-refractivity contribution < 1.29 is 0 Å². The van der Waals surface area contributed by atoms with Gasteiger partial charge < -0.3 is 4.90 Å². The maximum atomic E-state index is 2.55. The van der Waals surface area contributed by atoms with Gasteiger partial charge in [0.05, 0.1) is 11.1 Å². The van der Waals surface area contributed by atoms with E-state index in [0.29, 0.717) is 0 Å². The van der Waals surface area contributed by atoms with Crippen LogP contribution in [0.4, 0.5) is 17.1 Å². The van der Waals surface area contributed by atoms with Crippen molar-refractivity contribution in [2.24, 2.45) is 0 Å².